The van der Waals surface area contributed by atoms with Crippen LogP contribution in [-0.2, 0) is 13.1 Å². The molecule has 0 aliphatic carbocycles. The molecule has 0 saturated heterocycles. The van der Waals surface area contributed by atoms with Crippen LogP contribution in [-0.4, -0.2) is 10.6 Å². The molecule has 1 aromatic rings. The van der Waals surface area contributed by atoms with E-state index in [9.17, 15) is 4.79 Å². The maximum Gasteiger partial charge on any atom is 0.255 e. The summed E-state index contributed by atoms with van der Waals surface area (Å²) in [5.41, 5.74) is 3.16. The predicted molar refractivity (Wildman–Crippen MR) is 67.8 cm³/mol. The van der Waals surface area contributed by atoms with Crippen molar-refractivity contribution in [1.82, 2.24) is 9.88 Å². The minimum atomic E-state index is 0.146. The summed E-state index contributed by atoms with van der Waals surface area (Å²) >= 11 is 0. The second kappa shape index (κ2) is 5.30. The highest BCUT2D eigenvalue weighted by atomic mass is 16.1. The molecule has 1 heterocycles. The Kier molecular flexibility index (Phi) is 4.30. The van der Waals surface area contributed by atoms with E-state index in [1.54, 1.807) is 0 Å². The highest BCUT2D eigenvalue weighted by Gasteiger charge is 2.09. The average molecular weight is 222 g/mol. The summed E-state index contributed by atoms with van der Waals surface area (Å²) in [7, 11) is 0. The van der Waals surface area contributed by atoms with Crippen LogP contribution in [0.5, 0.6) is 0 Å². The second-order valence-electron chi connectivity index (χ2n) is 4.53. The van der Waals surface area contributed by atoms with E-state index in [0.717, 1.165) is 23.4 Å². The fourth-order valence-corrected chi connectivity index (χ4v) is 1.88. The minimum absolute atomic E-state index is 0.146. The van der Waals surface area contributed by atoms with E-state index in [0.29, 0.717) is 12.6 Å². The van der Waals surface area contributed by atoms with E-state index in [1.165, 1.54) is 0 Å². The van der Waals surface area contributed by atoms with Crippen LogP contribution in [0.2, 0.25) is 0 Å². The van der Waals surface area contributed by atoms with Crippen LogP contribution in [0, 0.1) is 13.8 Å². The molecule has 0 bridgehead atoms. The van der Waals surface area contributed by atoms with Gasteiger partial charge in [-0.2, -0.15) is 0 Å². The number of hydrogen-bond acceptors (Lipinski definition) is 2. The molecule has 0 amide bonds. The summed E-state index contributed by atoms with van der Waals surface area (Å²) in [5, 5.41) is 3.30. The molecule has 0 spiro atoms. The van der Waals surface area contributed by atoms with Crippen LogP contribution < -0.4 is 10.9 Å². The molecule has 1 rings (SSSR count). The van der Waals surface area contributed by atoms with Gasteiger partial charge in [0.25, 0.3) is 5.56 Å². The first-order chi connectivity index (χ1) is 7.47. The first kappa shape index (κ1) is 13.0. The fraction of sp³-hybridized carbons (Fsp3) is 0.615. The van der Waals surface area contributed by atoms with Gasteiger partial charge in [0.05, 0.1) is 0 Å². The normalized spacial score (nSPS) is 11.1. The zero-order valence-corrected chi connectivity index (χ0v) is 10.9. The van der Waals surface area contributed by atoms with Crippen LogP contribution in [0.1, 0.15) is 37.6 Å². The van der Waals surface area contributed by atoms with Crippen LogP contribution in [0.15, 0.2) is 10.9 Å². The van der Waals surface area contributed by atoms with Crippen molar-refractivity contribution in [3.8, 4) is 0 Å². The molecule has 1 aromatic heterocycles. The van der Waals surface area contributed by atoms with Crippen molar-refractivity contribution in [2.24, 2.45) is 0 Å². The predicted octanol–water partition coefficient (Wildman–Crippen LogP) is 1.98. The molecule has 0 aliphatic heterocycles. The summed E-state index contributed by atoms with van der Waals surface area (Å²) in [6.07, 6.45) is 0. The molecular formula is C13H22N2O. The van der Waals surface area contributed by atoms with Gasteiger partial charge in [0.2, 0.25) is 0 Å². The third-order valence-electron chi connectivity index (χ3n) is 2.83. The minimum Gasteiger partial charge on any atom is -0.313 e. The third kappa shape index (κ3) is 2.73. The van der Waals surface area contributed by atoms with E-state index in [-0.39, 0.29) is 5.56 Å². The Bertz CT molecular complexity index is 419. The zero-order chi connectivity index (χ0) is 12.3. The number of rotatable bonds is 4. The zero-order valence-electron chi connectivity index (χ0n) is 10.9. The van der Waals surface area contributed by atoms with Gasteiger partial charge < -0.3 is 9.88 Å². The molecular weight excluding hydrogens is 200 g/mol. The number of aromatic nitrogens is 1. The Hall–Kier alpha value is -1.09. The summed E-state index contributed by atoms with van der Waals surface area (Å²) in [6.45, 7) is 11.6. The summed E-state index contributed by atoms with van der Waals surface area (Å²) in [6, 6.07) is 2.48. The summed E-state index contributed by atoms with van der Waals surface area (Å²) < 4.78 is 1.82. The molecule has 1 N–H and O–H groups in total. The molecule has 0 radical (unpaired) electrons. The maximum absolute atomic E-state index is 12.2. The van der Waals surface area contributed by atoms with Gasteiger partial charge >= 0.3 is 0 Å². The van der Waals surface area contributed by atoms with Crippen LogP contribution in [0.4, 0.5) is 0 Å². The molecule has 90 valence electrons. The van der Waals surface area contributed by atoms with Gasteiger partial charge in [0, 0.05) is 30.4 Å². The van der Waals surface area contributed by atoms with Crippen LogP contribution in [0.25, 0.3) is 0 Å². The van der Waals surface area contributed by atoms with Crippen molar-refractivity contribution in [3.05, 3.63) is 33.2 Å². The highest BCUT2D eigenvalue weighted by Crippen LogP contribution is 2.06. The average Bonchev–Trinajstić information content (AvgIpc) is 2.16. The summed E-state index contributed by atoms with van der Waals surface area (Å²) in [4.78, 5) is 12.2. The maximum atomic E-state index is 12.2. The van der Waals surface area contributed by atoms with E-state index in [1.807, 2.05) is 25.3 Å². The molecule has 0 aromatic carbocycles. The molecule has 0 aliphatic rings. The molecule has 0 unspecified atom stereocenters. The molecule has 3 heteroatoms. The van der Waals surface area contributed by atoms with E-state index >= 15 is 0 Å². The first-order valence-electron chi connectivity index (χ1n) is 5.90. The number of nitrogens with one attached hydrogen (secondary N) is 1. The molecule has 0 atom stereocenters. The summed E-state index contributed by atoms with van der Waals surface area (Å²) in [5.74, 6) is 0. The highest BCUT2D eigenvalue weighted by molar-refractivity contribution is 5.26. The molecule has 0 saturated carbocycles. The number of nitrogens with zero attached hydrogens (tertiary/aromatic N) is 1. The number of pyridine rings is 1. The largest absolute Gasteiger partial charge is 0.313 e. The Labute approximate surface area is 97.5 Å². The van der Waals surface area contributed by atoms with Gasteiger partial charge in [0.1, 0.15) is 0 Å². The standard InChI is InChI=1S/C13H22N2O/c1-6-15-11(5)7-10(4)12(13(15)16)8-14-9(2)3/h7,9,14H,6,8H2,1-5H3. The van der Waals surface area contributed by atoms with Gasteiger partial charge in [-0.15, -0.1) is 0 Å². The lowest BCUT2D eigenvalue weighted by atomic mass is 10.1. The van der Waals surface area contributed by atoms with Gasteiger partial charge in [0.15, 0.2) is 0 Å². The monoisotopic (exact) mass is 222 g/mol. The lowest BCUT2D eigenvalue weighted by molar-refractivity contribution is 0.576. The van der Waals surface area contributed by atoms with Gasteiger partial charge in [-0.1, -0.05) is 13.8 Å². The topological polar surface area (TPSA) is 34.0 Å². The SMILES string of the molecule is CCn1c(C)cc(C)c(CNC(C)C)c1=O. The van der Waals surface area contributed by atoms with Crippen LogP contribution in [0.3, 0.4) is 0 Å². The molecule has 16 heavy (non-hydrogen) atoms. The van der Waals surface area contributed by atoms with Crippen LogP contribution >= 0.6 is 0 Å². The number of hydrogen-bond donors (Lipinski definition) is 1. The van der Waals surface area contributed by atoms with E-state index in [2.05, 4.69) is 25.2 Å². The lowest BCUT2D eigenvalue weighted by Crippen LogP contribution is -2.31. The van der Waals surface area contributed by atoms with Crippen molar-refractivity contribution in [2.45, 2.75) is 53.8 Å². The smallest absolute Gasteiger partial charge is 0.255 e. The quantitative estimate of drug-likeness (QED) is 0.845. The van der Waals surface area contributed by atoms with Gasteiger partial charge in [-0.05, 0) is 32.4 Å². The third-order valence-corrected chi connectivity index (χ3v) is 2.83. The van der Waals surface area contributed by atoms with Crippen molar-refractivity contribution in [1.29, 1.82) is 0 Å². The molecule has 0 fully saturated rings. The lowest BCUT2D eigenvalue weighted by Gasteiger charge is -2.14. The van der Waals surface area contributed by atoms with Crippen molar-refractivity contribution < 1.29 is 0 Å². The van der Waals surface area contributed by atoms with Gasteiger partial charge in [-0.3, -0.25) is 4.79 Å². The Morgan fingerprint density at radius 2 is 2.00 bits per heavy atom. The Morgan fingerprint density at radius 3 is 2.50 bits per heavy atom. The first-order valence-corrected chi connectivity index (χ1v) is 5.90. The Morgan fingerprint density at radius 1 is 1.38 bits per heavy atom. The molecule has 3 nitrogen and oxygen atoms in total. The van der Waals surface area contributed by atoms with Crippen molar-refractivity contribution >= 4 is 0 Å². The Balaban J connectivity index is 3.13. The second-order valence-corrected chi connectivity index (χ2v) is 4.53. The van der Waals surface area contributed by atoms with Gasteiger partial charge in [-0.25, -0.2) is 0 Å². The van der Waals surface area contributed by atoms with Crippen molar-refractivity contribution in [2.75, 3.05) is 0 Å². The van der Waals surface area contributed by atoms with E-state index in [4.69, 9.17) is 0 Å². The van der Waals surface area contributed by atoms with Crippen molar-refractivity contribution in [3.63, 3.8) is 0 Å². The number of aryl methyl sites for hydroxylation is 2. The van der Waals surface area contributed by atoms with E-state index < -0.39 is 0 Å². The fourth-order valence-electron chi connectivity index (χ4n) is 1.88.